The maximum atomic E-state index is 14.2. The molecule has 5 heteroatoms. The topological polar surface area (TPSA) is 80.6 Å². The highest BCUT2D eigenvalue weighted by Crippen LogP contribution is 2.67. The zero-order valence-corrected chi connectivity index (χ0v) is 20.2. The molecule has 32 heavy (non-hydrogen) atoms. The minimum absolute atomic E-state index is 0.00908. The van der Waals surface area contributed by atoms with Crippen LogP contribution in [0.15, 0.2) is 0 Å². The molecule has 0 radical (unpaired) electrons. The van der Waals surface area contributed by atoms with Crippen molar-refractivity contribution in [3.8, 4) is 0 Å². The molecule has 2 aliphatic heterocycles. The van der Waals surface area contributed by atoms with Gasteiger partial charge in [0.25, 0.3) is 0 Å². The van der Waals surface area contributed by atoms with E-state index in [1.165, 1.54) is 0 Å². The number of Topliss-reactive ketones (excluding diaryl/α,β-unsaturated/α-hetero) is 1. The van der Waals surface area contributed by atoms with Crippen molar-refractivity contribution < 1.29 is 19.7 Å². The lowest BCUT2D eigenvalue weighted by Gasteiger charge is -2.66. The van der Waals surface area contributed by atoms with Crippen molar-refractivity contribution in [3.05, 3.63) is 5.21 Å². The summed E-state index contributed by atoms with van der Waals surface area (Å²) in [6, 6.07) is -0.163. The van der Waals surface area contributed by atoms with Crippen LogP contribution in [0.4, 0.5) is 0 Å². The lowest BCUT2D eigenvalue weighted by atomic mass is 9.51. The molecule has 2 heterocycles. The first kappa shape index (κ1) is 22.0. The van der Waals surface area contributed by atoms with E-state index >= 15 is 0 Å². The Labute approximate surface area is 193 Å². The molecule has 5 nitrogen and oxygen atoms in total. The smallest absolute Gasteiger partial charge is 0.136 e. The van der Waals surface area contributed by atoms with Crippen LogP contribution in [-0.2, 0) is 4.79 Å². The summed E-state index contributed by atoms with van der Waals surface area (Å²) in [6.07, 6.45) is 7.96. The van der Waals surface area contributed by atoms with Crippen molar-refractivity contribution in [2.75, 3.05) is 13.1 Å². The first-order chi connectivity index (χ1) is 15.0. The summed E-state index contributed by atoms with van der Waals surface area (Å²) >= 11 is 0. The molecule has 6 aliphatic rings. The van der Waals surface area contributed by atoms with Gasteiger partial charge in [0.15, 0.2) is 0 Å². The van der Waals surface area contributed by atoms with E-state index in [4.69, 9.17) is 0 Å². The molecule has 0 aromatic rings. The Balaban J connectivity index is 1.33. The summed E-state index contributed by atoms with van der Waals surface area (Å²) in [6.45, 7) is 7.87. The number of fused-ring (bicyclic) bond motifs is 8. The fourth-order valence-electron chi connectivity index (χ4n) is 10.7. The van der Waals surface area contributed by atoms with Crippen molar-refractivity contribution in [1.82, 2.24) is 0 Å². The van der Waals surface area contributed by atoms with E-state index in [9.17, 15) is 20.2 Å². The van der Waals surface area contributed by atoms with Gasteiger partial charge in [-0.15, -0.1) is 0 Å². The minimum Gasteiger partial charge on any atom is -0.633 e. The molecule has 0 bridgehead atoms. The van der Waals surface area contributed by atoms with Crippen LogP contribution < -0.4 is 0 Å². The first-order valence-electron chi connectivity index (χ1n) is 13.6. The van der Waals surface area contributed by atoms with Crippen LogP contribution in [0.1, 0.15) is 78.6 Å². The summed E-state index contributed by atoms with van der Waals surface area (Å²) in [5, 5.41) is 36.3. The SMILES string of the molecule is C[C@H]1CC[C@H]2C(C)(O)[C@@H]3CC[C@@H]4[C@@H](C[C@H]5[C@H]4CC(=O)[C@H]4C[C@@H](O)CC[C@@]45C)[C@@H]3C[N+]2([O-])C1. The number of aliphatic hydroxyl groups excluding tert-OH is 1. The molecule has 2 N–H and O–H groups in total. The van der Waals surface area contributed by atoms with Crippen LogP contribution in [0.3, 0.4) is 0 Å². The molecule has 13 atom stereocenters. The highest BCUT2D eigenvalue weighted by Gasteiger charge is 2.66. The Bertz CT molecular complexity index is 794. The van der Waals surface area contributed by atoms with Gasteiger partial charge < -0.3 is 20.1 Å². The van der Waals surface area contributed by atoms with Gasteiger partial charge in [-0.2, -0.15) is 0 Å². The average molecular weight is 446 g/mol. The van der Waals surface area contributed by atoms with Gasteiger partial charge in [0.2, 0.25) is 0 Å². The molecule has 0 spiro atoms. The van der Waals surface area contributed by atoms with E-state index in [1.54, 1.807) is 0 Å². The lowest BCUT2D eigenvalue weighted by molar-refractivity contribution is -0.933. The summed E-state index contributed by atoms with van der Waals surface area (Å²) in [5.41, 5.74) is -0.865. The van der Waals surface area contributed by atoms with Gasteiger partial charge in [0.1, 0.15) is 17.4 Å². The first-order valence-corrected chi connectivity index (χ1v) is 13.6. The number of piperidine rings is 2. The van der Waals surface area contributed by atoms with Crippen molar-refractivity contribution >= 4 is 5.78 Å². The summed E-state index contributed by atoms with van der Waals surface area (Å²) < 4.78 is -0.182. The van der Waals surface area contributed by atoms with Gasteiger partial charge in [-0.1, -0.05) is 13.8 Å². The Hall–Kier alpha value is -0.490. The fraction of sp³-hybridized carbons (Fsp3) is 0.963. The molecular weight excluding hydrogens is 402 g/mol. The average Bonchev–Trinajstić information content (AvgIpc) is 3.08. The third-order valence-corrected chi connectivity index (χ3v) is 12.1. The molecular formula is C27H43NO4. The third kappa shape index (κ3) is 2.86. The molecule has 180 valence electrons. The molecule has 4 aliphatic carbocycles. The Morgan fingerprint density at radius 1 is 0.938 bits per heavy atom. The van der Waals surface area contributed by atoms with Gasteiger partial charge in [0, 0.05) is 36.5 Å². The number of hydrogen-bond acceptors (Lipinski definition) is 4. The molecule has 2 unspecified atom stereocenters. The summed E-state index contributed by atoms with van der Waals surface area (Å²) in [4.78, 5) is 13.3. The van der Waals surface area contributed by atoms with Crippen LogP contribution in [-0.4, -0.2) is 51.5 Å². The summed E-state index contributed by atoms with van der Waals surface area (Å²) in [5.74, 6) is 3.37. The summed E-state index contributed by atoms with van der Waals surface area (Å²) in [7, 11) is 0. The van der Waals surface area contributed by atoms with E-state index in [1.807, 2.05) is 6.92 Å². The molecule has 0 amide bonds. The molecule has 0 aromatic heterocycles. The van der Waals surface area contributed by atoms with Crippen molar-refractivity contribution in [2.45, 2.75) is 96.3 Å². The highest BCUT2D eigenvalue weighted by atomic mass is 16.6. The number of ketones is 1. The second-order valence-electron chi connectivity index (χ2n) is 13.6. The maximum Gasteiger partial charge on any atom is 0.136 e. The van der Waals surface area contributed by atoms with Gasteiger partial charge in [-0.25, -0.2) is 0 Å². The zero-order chi connectivity index (χ0) is 22.6. The monoisotopic (exact) mass is 445 g/mol. The number of aliphatic hydroxyl groups is 2. The minimum atomic E-state index is -0.874. The number of carbonyl (C=O) groups excluding carboxylic acids is 1. The number of quaternary nitrogens is 1. The number of hydroxylamine groups is 3. The third-order valence-electron chi connectivity index (χ3n) is 12.1. The molecule has 0 aromatic carbocycles. The molecule has 6 fully saturated rings. The predicted octanol–water partition coefficient (Wildman–Crippen LogP) is 3.90. The van der Waals surface area contributed by atoms with Crippen LogP contribution in [0.2, 0.25) is 0 Å². The maximum absolute atomic E-state index is 14.2. The van der Waals surface area contributed by atoms with Gasteiger partial charge >= 0.3 is 0 Å². The van der Waals surface area contributed by atoms with E-state index in [-0.39, 0.29) is 34.0 Å². The van der Waals surface area contributed by atoms with E-state index in [2.05, 4.69) is 13.8 Å². The standard InChI is InChI=1S/C27H43NO4/c1-15-4-7-25-27(3,31)21-6-5-17-18(20(21)14-28(25,32)13-15)11-22-19(17)12-24(30)23-10-16(29)8-9-26(22,23)2/h15-23,25,29,31H,4-14H2,1-3H3/t15-,16-,17+,18+,19-,20-,21+,22-,23+,25-,26+,27?,28?/m0/s1. The number of rotatable bonds is 0. The second kappa shape index (κ2) is 7.02. The Morgan fingerprint density at radius 2 is 1.72 bits per heavy atom. The zero-order valence-electron chi connectivity index (χ0n) is 20.2. The lowest BCUT2D eigenvalue weighted by Crippen LogP contribution is -2.73. The van der Waals surface area contributed by atoms with Crippen LogP contribution in [0.25, 0.3) is 0 Å². The van der Waals surface area contributed by atoms with E-state index in [0.29, 0.717) is 67.2 Å². The largest absolute Gasteiger partial charge is 0.633 e. The Kier molecular flexibility index (Phi) is 4.83. The Morgan fingerprint density at radius 3 is 2.50 bits per heavy atom. The number of nitrogens with zero attached hydrogens (tertiary/aromatic N) is 1. The highest BCUT2D eigenvalue weighted by molar-refractivity contribution is 5.83. The van der Waals surface area contributed by atoms with Crippen LogP contribution in [0, 0.1) is 58.0 Å². The van der Waals surface area contributed by atoms with Crippen molar-refractivity contribution in [2.24, 2.45) is 52.8 Å². The van der Waals surface area contributed by atoms with Crippen LogP contribution >= 0.6 is 0 Å². The van der Waals surface area contributed by atoms with Crippen molar-refractivity contribution in [1.29, 1.82) is 0 Å². The van der Waals surface area contributed by atoms with Gasteiger partial charge in [-0.3, -0.25) is 4.79 Å². The number of hydrogen-bond donors (Lipinski definition) is 2. The van der Waals surface area contributed by atoms with Crippen molar-refractivity contribution in [3.63, 3.8) is 0 Å². The molecule has 4 saturated carbocycles. The predicted molar refractivity (Wildman–Crippen MR) is 122 cm³/mol. The van der Waals surface area contributed by atoms with Gasteiger partial charge in [0.05, 0.1) is 19.2 Å². The van der Waals surface area contributed by atoms with E-state index in [0.717, 1.165) is 44.9 Å². The normalized spacial score (nSPS) is 61.8. The molecule has 6 rings (SSSR count). The van der Waals surface area contributed by atoms with Gasteiger partial charge in [-0.05, 0) is 81.0 Å². The molecule has 2 saturated heterocycles. The fourth-order valence-corrected chi connectivity index (χ4v) is 10.7. The quantitative estimate of drug-likeness (QED) is 0.438. The van der Waals surface area contributed by atoms with Crippen LogP contribution in [0.5, 0.6) is 0 Å². The van der Waals surface area contributed by atoms with E-state index < -0.39 is 5.60 Å². The second-order valence-corrected chi connectivity index (χ2v) is 13.6. The number of carbonyl (C=O) groups is 1.